The van der Waals surface area contributed by atoms with Crippen molar-refractivity contribution in [2.75, 3.05) is 54.9 Å². The number of cyclic esters (lactones) is 1. The zero-order valence-electron chi connectivity index (χ0n) is 16.6. The minimum Gasteiger partial charge on any atom is -0.442 e. The van der Waals surface area contributed by atoms with Gasteiger partial charge in [-0.05, 0) is 0 Å². The number of amides is 2. The molecule has 2 aliphatic rings. The highest BCUT2D eigenvalue weighted by molar-refractivity contribution is 7.59. The van der Waals surface area contributed by atoms with Gasteiger partial charge in [0.2, 0.25) is 13.3 Å². The first kappa shape index (κ1) is 22.2. The maximum Gasteiger partial charge on any atom is 0.414 e. The van der Waals surface area contributed by atoms with Crippen LogP contribution in [0.4, 0.5) is 25.0 Å². The Morgan fingerprint density at radius 2 is 2.00 bits per heavy atom. The third-order valence-electron chi connectivity index (χ3n) is 4.93. The summed E-state index contributed by atoms with van der Waals surface area (Å²) in [5.74, 6) is -1.93. The number of hydrogen-bond donors (Lipinski definition) is 1. The van der Waals surface area contributed by atoms with Gasteiger partial charge in [0, 0.05) is 44.5 Å². The minimum atomic E-state index is -2.83. The van der Waals surface area contributed by atoms with E-state index in [0.29, 0.717) is 0 Å². The minimum absolute atomic E-state index is 0.0288. The Bertz CT molecular complexity index is 862. The molecule has 0 spiro atoms. The van der Waals surface area contributed by atoms with Gasteiger partial charge in [0.1, 0.15) is 11.8 Å². The Labute approximate surface area is 173 Å². The summed E-state index contributed by atoms with van der Waals surface area (Å²) in [6.07, 6.45) is 0.526. The molecule has 0 aliphatic carbocycles. The summed E-state index contributed by atoms with van der Waals surface area (Å²) in [6.45, 7) is 5.57. The van der Waals surface area contributed by atoms with Crippen LogP contribution in [0.15, 0.2) is 24.8 Å². The second kappa shape index (κ2) is 9.14. The highest BCUT2D eigenvalue weighted by Gasteiger charge is 2.35. The fraction of sp³-hybridized carbons (Fsp3) is 0.474. The van der Waals surface area contributed by atoms with Crippen molar-refractivity contribution in [3.8, 4) is 0 Å². The second-order valence-electron chi connectivity index (χ2n) is 7.14. The van der Waals surface area contributed by atoms with Crippen molar-refractivity contribution in [3.63, 3.8) is 0 Å². The van der Waals surface area contributed by atoms with Crippen LogP contribution in [-0.2, 0) is 18.6 Å². The number of hydrogen-bond acceptors (Lipinski definition) is 6. The molecular formula is C19H24F2N3O5P. The molecule has 164 valence electrons. The van der Waals surface area contributed by atoms with Crippen molar-refractivity contribution in [3.05, 3.63) is 36.4 Å². The van der Waals surface area contributed by atoms with Crippen molar-refractivity contribution in [2.24, 2.45) is 0 Å². The summed E-state index contributed by atoms with van der Waals surface area (Å²) in [5.41, 5.74) is -0.197. The molecule has 8 nitrogen and oxygen atoms in total. The lowest BCUT2D eigenvalue weighted by Crippen LogP contribution is -2.36. The Morgan fingerprint density at radius 1 is 1.37 bits per heavy atom. The van der Waals surface area contributed by atoms with E-state index < -0.39 is 31.2 Å². The van der Waals surface area contributed by atoms with Gasteiger partial charge in [-0.25, -0.2) is 13.6 Å². The molecule has 1 aromatic carbocycles. The average molecular weight is 443 g/mol. The zero-order valence-corrected chi connectivity index (χ0v) is 17.5. The standard InChI is InChI=1S/C19H24F2N3O5P/c1-3-6-28-30(27)7-4-23(5-8-30)18-16(20)9-14(10-17(18)21)24-12-15(29-19(24)26)11-22-13(2)25/h3,9-10,15H,1,4-8,11-12H2,2H3,(H,22,25)/t15-/m0/s1. The number of halogens is 2. The maximum absolute atomic E-state index is 14.8. The number of rotatable bonds is 7. The highest BCUT2D eigenvalue weighted by atomic mass is 31.2. The number of benzene rings is 1. The molecule has 1 atom stereocenters. The van der Waals surface area contributed by atoms with Crippen LogP contribution >= 0.6 is 7.37 Å². The highest BCUT2D eigenvalue weighted by Crippen LogP contribution is 2.49. The second-order valence-corrected chi connectivity index (χ2v) is 9.93. The molecule has 2 amide bonds. The quantitative estimate of drug-likeness (QED) is 0.515. The van der Waals surface area contributed by atoms with E-state index in [4.69, 9.17) is 9.26 Å². The molecule has 2 heterocycles. The van der Waals surface area contributed by atoms with E-state index in [1.165, 1.54) is 17.9 Å². The van der Waals surface area contributed by atoms with Gasteiger partial charge in [-0.15, -0.1) is 6.58 Å². The topological polar surface area (TPSA) is 88.2 Å². The van der Waals surface area contributed by atoms with Crippen LogP contribution in [0.25, 0.3) is 0 Å². The molecule has 2 saturated heterocycles. The van der Waals surface area contributed by atoms with Gasteiger partial charge in [-0.1, -0.05) is 6.08 Å². The lowest BCUT2D eigenvalue weighted by molar-refractivity contribution is -0.119. The van der Waals surface area contributed by atoms with Crippen LogP contribution in [0.1, 0.15) is 6.92 Å². The Balaban J connectivity index is 1.71. The first-order chi connectivity index (χ1) is 14.2. The lowest BCUT2D eigenvalue weighted by Gasteiger charge is -2.33. The Kier molecular flexibility index (Phi) is 6.77. The lowest BCUT2D eigenvalue weighted by atomic mass is 10.2. The molecule has 1 N–H and O–H groups in total. The number of nitrogens with one attached hydrogen (secondary N) is 1. The van der Waals surface area contributed by atoms with Gasteiger partial charge in [0.05, 0.1) is 25.4 Å². The Hall–Kier alpha value is -2.45. The summed E-state index contributed by atoms with van der Waals surface area (Å²) in [5, 5.41) is 2.54. The molecule has 0 radical (unpaired) electrons. The first-order valence-electron chi connectivity index (χ1n) is 9.52. The molecule has 30 heavy (non-hydrogen) atoms. The molecule has 0 aromatic heterocycles. The van der Waals surface area contributed by atoms with Crippen LogP contribution < -0.4 is 15.1 Å². The van der Waals surface area contributed by atoms with E-state index in [9.17, 15) is 22.9 Å². The monoisotopic (exact) mass is 443 g/mol. The maximum atomic E-state index is 14.8. The number of anilines is 2. The number of carbonyl (C=O) groups is 2. The van der Waals surface area contributed by atoms with Crippen LogP contribution in [-0.4, -0.2) is 63.2 Å². The predicted octanol–water partition coefficient (Wildman–Crippen LogP) is 2.73. The fourth-order valence-electron chi connectivity index (χ4n) is 3.42. The van der Waals surface area contributed by atoms with E-state index in [0.717, 1.165) is 17.0 Å². The fourth-order valence-corrected chi connectivity index (χ4v) is 5.37. The van der Waals surface area contributed by atoms with Gasteiger partial charge >= 0.3 is 6.09 Å². The molecular weight excluding hydrogens is 419 g/mol. The molecule has 0 bridgehead atoms. The van der Waals surface area contributed by atoms with Gasteiger partial charge < -0.3 is 19.5 Å². The number of carbonyl (C=O) groups excluding carboxylic acids is 2. The molecule has 1 aromatic rings. The van der Waals surface area contributed by atoms with Crippen LogP contribution in [0.5, 0.6) is 0 Å². The van der Waals surface area contributed by atoms with Crippen molar-refractivity contribution in [1.82, 2.24) is 5.32 Å². The summed E-state index contributed by atoms with van der Waals surface area (Å²) in [7, 11) is -2.83. The van der Waals surface area contributed by atoms with Gasteiger partial charge in [-0.3, -0.25) is 14.3 Å². The molecule has 3 rings (SSSR count). The third kappa shape index (κ3) is 4.99. The van der Waals surface area contributed by atoms with E-state index in [-0.39, 0.29) is 62.4 Å². The summed E-state index contributed by atoms with van der Waals surface area (Å²) < 4.78 is 52.6. The molecule has 0 unspecified atom stereocenters. The molecule has 2 aliphatic heterocycles. The van der Waals surface area contributed by atoms with Gasteiger partial charge in [-0.2, -0.15) is 0 Å². The summed E-state index contributed by atoms with van der Waals surface area (Å²) in [4.78, 5) is 25.7. The van der Waals surface area contributed by atoms with Crippen LogP contribution in [0.2, 0.25) is 0 Å². The average Bonchev–Trinajstić information content (AvgIpc) is 3.06. The van der Waals surface area contributed by atoms with E-state index in [2.05, 4.69) is 11.9 Å². The molecule has 11 heteroatoms. The van der Waals surface area contributed by atoms with E-state index in [1.807, 2.05) is 0 Å². The van der Waals surface area contributed by atoms with Crippen molar-refractivity contribution in [1.29, 1.82) is 0 Å². The summed E-state index contributed by atoms with van der Waals surface area (Å²) >= 11 is 0. The van der Waals surface area contributed by atoms with Gasteiger partial charge in [0.15, 0.2) is 11.6 Å². The number of nitrogens with zero attached hydrogens (tertiary/aromatic N) is 2. The van der Waals surface area contributed by atoms with Crippen LogP contribution in [0.3, 0.4) is 0 Å². The summed E-state index contributed by atoms with van der Waals surface area (Å²) in [6, 6.07) is 2.14. The molecule has 0 saturated carbocycles. The van der Waals surface area contributed by atoms with Crippen molar-refractivity contribution >= 4 is 30.7 Å². The SMILES string of the molecule is C=CCOP1(=O)CCN(c2c(F)cc(N3C[C@H](CNC(C)=O)OC3=O)cc2F)CC1. The Morgan fingerprint density at radius 3 is 2.57 bits per heavy atom. The predicted molar refractivity (Wildman–Crippen MR) is 108 cm³/mol. The third-order valence-corrected chi connectivity index (χ3v) is 7.31. The largest absolute Gasteiger partial charge is 0.442 e. The van der Waals surface area contributed by atoms with Gasteiger partial charge in [0.25, 0.3) is 0 Å². The normalized spacial score (nSPS) is 20.8. The zero-order chi connectivity index (χ0) is 21.9. The van der Waals surface area contributed by atoms with Crippen molar-refractivity contribution in [2.45, 2.75) is 13.0 Å². The first-order valence-corrected chi connectivity index (χ1v) is 11.5. The van der Waals surface area contributed by atoms with Crippen LogP contribution in [0, 0.1) is 11.6 Å². The number of ether oxygens (including phenoxy) is 1. The molecule has 2 fully saturated rings. The van der Waals surface area contributed by atoms with E-state index in [1.54, 1.807) is 0 Å². The van der Waals surface area contributed by atoms with Crippen molar-refractivity contribution < 1.29 is 32.2 Å². The smallest absolute Gasteiger partial charge is 0.414 e. The van der Waals surface area contributed by atoms with E-state index >= 15 is 0 Å².